The molecule has 0 unspecified atom stereocenters. The van der Waals surface area contributed by atoms with Crippen LogP contribution in [-0.2, 0) is 31.6 Å². The predicted octanol–water partition coefficient (Wildman–Crippen LogP) is 7.50. The summed E-state index contributed by atoms with van der Waals surface area (Å²) in [5.74, 6) is 2.83. The number of benzene rings is 2. The van der Waals surface area contributed by atoms with Crippen molar-refractivity contribution >= 4 is 0 Å². The third kappa shape index (κ3) is 6.61. The highest BCUT2D eigenvalue weighted by atomic mass is 15.3. The summed E-state index contributed by atoms with van der Waals surface area (Å²) in [5, 5.41) is 0. The van der Waals surface area contributed by atoms with Gasteiger partial charge in [0, 0.05) is 6.07 Å². The molecule has 2 aromatic carbocycles. The zero-order chi connectivity index (χ0) is 34.7. The van der Waals surface area contributed by atoms with Crippen LogP contribution in [-0.4, -0.2) is 18.3 Å². The van der Waals surface area contributed by atoms with E-state index in [1.165, 1.54) is 91.3 Å². The van der Waals surface area contributed by atoms with Crippen LogP contribution in [0.25, 0.3) is 22.7 Å². The number of aromatic nitrogens is 8. The lowest BCUT2D eigenvalue weighted by Gasteiger charge is -2.15. The van der Waals surface area contributed by atoms with Crippen molar-refractivity contribution < 1.29 is 18.3 Å². The molecule has 8 heteroatoms. The summed E-state index contributed by atoms with van der Waals surface area (Å²) in [7, 11) is 0. The first-order valence-corrected chi connectivity index (χ1v) is 19.1. The van der Waals surface area contributed by atoms with E-state index in [-0.39, 0.29) is 12.8 Å². The van der Waals surface area contributed by atoms with Gasteiger partial charge in [-0.15, -0.1) is 0 Å². The van der Waals surface area contributed by atoms with Crippen molar-refractivity contribution in [3.05, 3.63) is 122 Å². The SMILES string of the molecule is C.CCCC[n+]1ccn(-c2cccc(-n3cc[n+](CCCC)c3)c2)c1.CCCC[n+]1ccn2c1C1(C)c3c-2cccc3-n2cc[n+](CCCC)c21. The lowest BCUT2D eigenvalue weighted by atomic mass is 9.83. The van der Waals surface area contributed by atoms with Gasteiger partial charge in [-0.3, -0.25) is 0 Å². The molecule has 268 valence electrons. The molecule has 0 spiro atoms. The van der Waals surface area contributed by atoms with Crippen LogP contribution in [0.2, 0.25) is 0 Å². The fourth-order valence-corrected chi connectivity index (χ4v) is 7.94. The van der Waals surface area contributed by atoms with E-state index in [1.54, 1.807) is 0 Å². The fourth-order valence-electron chi connectivity index (χ4n) is 7.94. The minimum Gasteiger partial charge on any atom is -0.236 e. The predicted molar refractivity (Wildman–Crippen MR) is 203 cm³/mol. The van der Waals surface area contributed by atoms with Gasteiger partial charge in [-0.25, -0.2) is 27.4 Å². The Bertz CT molecular complexity index is 1920. The highest BCUT2D eigenvalue weighted by molar-refractivity contribution is 5.70. The van der Waals surface area contributed by atoms with Crippen LogP contribution in [0.1, 0.15) is 111 Å². The maximum Gasteiger partial charge on any atom is 0.285 e. The summed E-state index contributed by atoms with van der Waals surface area (Å²) < 4.78 is 18.7. The van der Waals surface area contributed by atoms with Gasteiger partial charge in [0.15, 0.2) is 0 Å². The molecule has 0 fully saturated rings. The second kappa shape index (κ2) is 15.7. The first-order valence-electron chi connectivity index (χ1n) is 19.1. The van der Waals surface area contributed by atoms with E-state index in [4.69, 9.17) is 0 Å². The Hall–Kier alpha value is -4.72. The van der Waals surface area contributed by atoms with E-state index in [9.17, 15) is 0 Å². The third-order valence-electron chi connectivity index (χ3n) is 10.6. The number of unbranched alkanes of at least 4 members (excludes halogenated alkanes) is 4. The Morgan fingerprint density at radius 1 is 0.549 bits per heavy atom. The molecule has 0 atom stereocenters. The Labute approximate surface area is 305 Å². The first kappa shape index (κ1) is 36.1. The minimum atomic E-state index is -0.0829. The molecule has 2 aliphatic heterocycles. The van der Waals surface area contributed by atoms with E-state index in [0.717, 1.165) is 26.2 Å². The van der Waals surface area contributed by atoms with E-state index in [1.807, 2.05) is 0 Å². The molecule has 4 aromatic heterocycles. The molecule has 0 amide bonds. The average molecular weight is 689 g/mol. The van der Waals surface area contributed by atoms with Crippen molar-refractivity contribution in [2.24, 2.45) is 0 Å². The van der Waals surface area contributed by atoms with Gasteiger partial charge >= 0.3 is 0 Å². The van der Waals surface area contributed by atoms with Crippen LogP contribution < -0.4 is 18.3 Å². The van der Waals surface area contributed by atoms with Crippen molar-refractivity contribution in [3.8, 4) is 22.7 Å². The summed E-state index contributed by atoms with van der Waals surface area (Å²) in [5.41, 5.74) is 6.47. The van der Waals surface area contributed by atoms with Crippen molar-refractivity contribution in [2.75, 3.05) is 0 Å². The largest absolute Gasteiger partial charge is 0.285 e. The highest BCUT2D eigenvalue weighted by Gasteiger charge is 2.62. The van der Waals surface area contributed by atoms with Gasteiger partial charge in [0.05, 0.1) is 31.7 Å². The number of aryl methyl sites for hydroxylation is 4. The van der Waals surface area contributed by atoms with E-state index in [0.29, 0.717) is 0 Å². The molecule has 0 radical (unpaired) electrons. The molecule has 8 nitrogen and oxygen atoms in total. The molecular weight excluding hydrogens is 629 g/mol. The van der Waals surface area contributed by atoms with Gasteiger partial charge in [0.1, 0.15) is 72.3 Å². The summed E-state index contributed by atoms with van der Waals surface area (Å²) in [6, 6.07) is 15.4. The molecule has 0 bridgehead atoms. The second-order valence-corrected chi connectivity index (χ2v) is 14.2. The van der Waals surface area contributed by atoms with Crippen LogP contribution >= 0.6 is 0 Å². The minimum absolute atomic E-state index is 0. The van der Waals surface area contributed by atoms with Crippen molar-refractivity contribution in [1.82, 2.24) is 18.3 Å². The van der Waals surface area contributed by atoms with Gasteiger partial charge in [-0.2, -0.15) is 9.13 Å². The number of hydrogen-bond acceptors (Lipinski definition) is 0. The van der Waals surface area contributed by atoms with Crippen LogP contribution in [0.4, 0.5) is 0 Å². The topological polar surface area (TPSA) is 35.2 Å². The Balaban J connectivity index is 0.000000173. The summed E-state index contributed by atoms with van der Waals surface area (Å²) in [4.78, 5) is 0. The van der Waals surface area contributed by atoms with Crippen molar-refractivity contribution in [2.45, 2.75) is 125 Å². The molecule has 2 aliphatic rings. The van der Waals surface area contributed by atoms with Crippen LogP contribution in [0, 0.1) is 0 Å². The molecule has 6 aromatic rings. The summed E-state index contributed by atoms with van der Waals surface area (Å²) in [6.45, 7) is 15.8. The van der Waals surface area contributed by atoms with E-state index in [2.05, 4.69) is 176 Å². The molecular formula is C43H60N8+4. The number of rotatable bonds is 14. The number of imidazole rings is 4. The smallest absolute Gasteiger partial charge is 0.236 e. The third-order valence-corrected chi connectivity index (χ3v) is 10.6. The first-order chi connectivity index (χ1) is 24.5. The Morgan fingerprint density at radius 3 is 1.43 bits per heavy atom. The lowest BCUT2D eigenvalue weighted by molar-refractivity contribution is -0.720. The Morgan fingerprint density at radius 2 is 0.980 bits per heavy atom. The second-order valence-electron chi connectivity index (χ2n) is 14.2. The maximum absolute atomic E-state index is 2.49. The van der Waals surface area contributed by atoms with Crippen LogP contribution in [0.3, 0.4) is 0 Å². The number of hydrogen-bond donors (Lipinski definition) is 0. The standard InChI is InChI=1S/C22H28N4.C20H28N4.CH4/c1-4-6-11-23-13-15-25-17-9-8-10-18-19(17)22(3,20(23)25)21-24(12-7-5-2)14-16-26(18)21;1-3-5-10-21-12-14-23(17-21)19-8-7-9-20(16-19)24-15-13-22(18-24)11-6-4-2;/h8-10,13-16H,4-7,11-12H2,1-3H3;7-9,12-18H,3-6,10-11H2,1-2H3;1H4/q2*+2;. The van der Waals surface area contributed by atoms with Gasteiger partial charge in [0.25, 0.3) is 11.6 Å². The zero-order valence-corrected chi connectivity index (χ0v) is 30.9. The van der Waals surface area contributed by atoms with Crippen molar-refractivity contribution in [1.29, 1.82) is 0 Å². The van der Waals surface area contributed by atoms with Gasteiger partial charge in [-0.1, -0.05) is 72.9 Å². The molecule has 0 aliphatic carbocycles. The fraction of sp³-hybridized carbons (Fsp3) is 0.442. The molecule has 0 saturated heterocycles. The van der Waals surface area contributed by atoms with Crippen LogP contribution in [0.15, 0.2) is 105 Å². The van der Waals surface area contributed by atoms with Gasteiger partial charge in [-0.05, 0) is 56.9 Å². The molecule has 0 N–H and O–H groups in total. The van der Waals surface area contributed by atoms with E-state index >= 15 is 0 Å². The summed E-state index contributed by atoms with van der Waals surface area (Å²) in [6.07, 6.45) is 31.7. The zero-order valence-electron chi connectivity index (χ0n) is 30.9. The quantitative estimate of drug-likeness (QED) is 0.106. The molecule has 8 rings (SSSR count). The lowest BCUT2D eigenvalue weighted by Crippen LogP contribution is -2.49. The monoisotopic (exact) mass is 688 g/mol. The number of fused-ring (bicyclic) bond motifs is 6. The molecule has 6 heterocycles. The van der Waals surface area contributed by atoms with Crippen molar-refractivity contribution in [3.63, 3.8) is 0 Å². The average Bonchev–Trinajstić information content (AvgIpc) is 4.00. The maximum atomic E-state index is 2.49. The summed E-state index contributed by atoms with van der Waals surface area (Å²) >= 11 is 0. The normalized spacial score (nSPS) is 13.0. The van der Waals surface area contributed by atoms with Gasteiger partial charge in [0.2, 0.25) is 18.1 Å². The highest BCUT2D eigenvalue weighted by Crippen LogP contribution is 2.52. The Kier molecular flexibility index (Phi) is 11.1. The van der Waals surface area contributed by atoms with Crippen LogP contribution in [0.5, 0.6) is 0 Å². The molecule has 0 saturated carbocycles. The number of nitrogens with zero attached hydrogens (tertiary/aromatic N) is 8. The van der Waals surface area contributed by atoms with Gasteiger partial charge < -0.3 is 0 Å². The van der Waals surface area contributed by atoms with E-state index < -0.39 is 0 Å². The molecule has 51 heavy (non-hydrogen) atoms.